The van der Waals surface area contributed by atoms with Crippen molar-refractivity contribution in [2.75, 3.05) is 65.4 Å². The zero-order chi connectivity index (χ0) is 19.1. The van der Waals surface area contributed by atoms with E-state index in [0.717, 1.165) is 58.7 Å². The summed E-state index contributed by atoms with van der Waals surface area (Å²) in [6.07, 6.45) is 2.82. The van der Waals surface area contributed by atoms with Gasteiger partial charge in [0.25, 0.3) is 0 Å². The van der Waals surface area contributed by atoms with Gasteiger partial charge in [-0.3, -0.25) is 9.69 Å². The Morgan fingerprint density at radius 1 is 1.00 bits per heavy atom. The van der Waals surface area contributed by atoms with Gasteiger partial charge in [-0.15, -0.1) is 0 Å². The van der Waals surface area contributed by atoms with Crippen LogP contribution in [0, 0.1) is 0 Å². The Morgan fingerprint density at radius 2 is 1.63 bits per heavy atom. The van der Waals surface area contributed by atoms with Gasteiger partial charge >= 0.3 is 6.09 Å². The van der Waals surface area contributed by atoms with Crippen molar-refractivity contribution in [2.24, 2.45) is 5.73 Å². The van der Waals surface area contributed by atoms with Gasteiger partial charge < -0.3 is 25.2 Å². The minimum atomic E-state index is -0.606. The Hall–Kier alpha value is -1.38. The first-order valence-electron chi connectivity index (χ1n) is 10.4. The van der Waals surface area contributed by atoms with Gasteiger partial charge in [-0.25, -0.2) is 4.79 Å². The number of likely N-dealkylation sites (N-methyl/N-ethyl adjacent to an activating group) is 1. The number of hydrogen-bond acceptors (Lipinski definition) is 6. The monoisotopic (exact) mass is 379 g/mol. The van der Waals surface area contributed by atoms with Gasteiger partial charge in [0, 0.05) is 65.2 Å². The molecule has 0 radical (unpaired) electrons. The van der Waals surface area contributed by atoms with Crippen LogP contribution in [0.3, 0.4) is 0 Å². The van der Waals surface area contributed by atoms with E-state index in [4.69, 9.17) is 10.5 Å². The van der Waals surface area contributed by atoms with E-state index in [9.17, 15) is 9.59 Å². The molecule has 4 rings (SSSR count). The van der Waals surface area contributed by atoms with Crippen LogP contribution in [-0.4, -0.2) is 108 Å². The molecule has 8 heteroatoms. The Balaban J connectivity index is 1.24. The molecular weight excluding hydrogens is 346 g/mol. The smallest absolute Gasteiger partial charge is 0.410 e. The van der Waals surface area contributed by atoms with Crippen LogP contribution in [0.5, 0.6) is 0 Å². The zero-order valence-corrected chi connectivity index (χ0v) is 16.5. The summed E-state index contributed by atoms with van der Waals surface area (Å²) in [6.45, 7) is 11.2. The van der Waals surface area contributed by atoms with Crippen molar-refractivity contribution in [3.8, 4) is 0 Å². The lowest BCUT2D eigenvalue weighted by Crippen LogP contribution is -2.53. The number of carbonyl (C=O) groups excluding carboxylic acids is 2. The predicted octanol–water partition coefficient (Wildman–Crippen LogP) is -0.0714. The maximum atomic E-state index is 12.4. The Bertz CT molecular complexity index is 578. The second kappa shape index (κ2) is 7.22. The SMILES string of the molecule is CCN1CCN(CCN2CC3(CCN(C(=O)C4(N)CC4)CC3)OC2=O)CC1. The molecular formula is C19H33N5O3. The average molecular weight is 380 g/mol. The highest BCUT2D eigenvalue weighted by atomic mass is 16.6. The van der Waals surface area contributed by atoms with Crippen LogP contribution >= 0.6 is 0 Å². The fourth-order valence-electron chi connectivity index (χ4n) is 4.50. The quantitative estimate of drug-likeness (QED) is 0.720. The lowest BCUT2D eigenvalue weighted by Gasteiger charge is -2.38. The first kappa shape index (κ1) is 19.0. The maximum absolute atomic E-state index is 12.4. The normalized spacial score (nSPS) is 27.9. The van der Waals surface area contributed by atoms with Gasteiger partial charge in [-0.2, -0.15) is 0 Å². The summed E-state index contributed by atoms with van der Waals surface area (Å²) in [5.74, 6) is 0.0738. The summed E-state index contributed by atoms with van der Waals surface area (Å²) in [6, 6.07) is 0. The summed E-state index contributed by atoms with van der Waals surface area (Å²) >= 11 is 0. The third-order valence-electron chi connectivity index (χ3n) is 6.82. The molecule has 0 unspecified atom stereocenters. The number of carbonyl (C=O) groups is 2. The molecule has 1 saturated carbocycles. The minimum absolute atomic E-state index is 0.0738. The van der Waals surface area contributed by atoms with Gasteiger partial charge in [0.15, 0.2) is 0 Å². The van der Waals surface area contributed by atoms with E-state index >= 15 is 0 Å². The van der Waals surface area contributed by atoms with Crippen molar-refractivity contribution in [1.29, 1.82) is 0 Å². The van der Waals surface area contributed by atoms with Crippen molar-refractivity contribution in [1.82, 2.24) is 19.6 Å². The Labute approximate surface area is 161 Å². The highest BCUT2D eigenvalue weighted by Gasteiger charge is 2.52. The average Bonchev–Trinajstić information content (AvgIpc) is 3.36. The van der Waals surface area contributed by atoms with E-state index in [0.29, 0.717) is 32.5 Å². The number of hydrogen-bond donors (Lipinski definition) is 1. The van der Waals surface area contributed by atoms with Gasteiger partial charge in [-0.1, -0.05) is 6.92 Å². The molecule has 1 spiro atoms. The first-order chi connectivity index (χ1) is 12.9. The number of piperidine rings is 1. The van der Waals surface area contributed by atoms with Gasteiger partial charge in [0.1, 0.15) is 5.60 Å². The molecule has 3 aliphatic heterocycles. The van der Waals surface area contributed by atoms with Crippen molar-refractivity contribution >= 4 is 12.0 Å². The van der Waals surface area contributed by atoms with Crippen molar-refractivity contribution < 1.29 is 14.3 Å². The molecule has 0 aromatic heterocycles. The van der Waals surface area contributed by atoms with Crippen LogP contribution in [0.2, 0.25) is 0 Å². The topological polar surface area (TPSA) is 82.3 Å². The van der Waals surface area contributed by atoms with E-state index < -0.39 is 11.1 Å². The third-order valence-corrected chi connectivity index (χ3v) is 6.82. The van der Waals surface area contributed by atoms with Crippen molar-refractivity contribution in [3.05, 3.63) is 0 Å². The van der Waals surface area contributed by atoms with Crippen molar-refractivity contribution in [3.63, 3.8) is 0 Å². The molecule has 0 aromatic rings. The van der Waals surface area contributed by atoms with Gasteiger partial charge in [-0.05, 0) is 19.4 Å². The Kier molecular flexibility index (Phi) is 5.07. The van der Waals surface area contributed by atoms with Crippen LogP contribution in [0.4, 0.5) is 4.79 Å². The third kappa shape index (κ3) is 3.93. The Morgan fingerprint density at radius 3 is 2.22 bits per heavy atom. The fraction of sp³-hybridized carbons (Fsp3) is 0.895. The molecule has 0 aromatic carbocycles. The molecule has 2 N–H and O–H groups in total. The van der Waals surface area contributed by atoms with E-state index in [1.54, 1.807) is 0 Å². The lowest BCUT2D eigenvalue weighted by atomic mass is 9.91. The molecule has 1 aliphatic carbocycles. The number of likely N-dealkylation sites (tertiary alicyclic amines) is 1. The standard InChI is InChI=1S/C19H33N5O3/c1-2-21-9-11-22(12-10-21)13-14-24-15-18(27-17(24)26)5-7-23(8-6-18)16(25)19(20)3-4-19/h2-15,20H2,1H3. The van der Waals surface area contributed by atoms with E-state index in [1.807, 2.05) is 9.80 Å². The molecule has 4 fully saturated rings. The molecule has 152 valence electrons. The molecule has 3 heterocycles. The molecule has 27 heavy (non-hydrogen) atoms. The molecule has 0 atom stereocenters. The van der Waals surface area contributed by atoms with Crippen LogP contribution in [0.1, 0.15) is 32.6 Å². The number of rotatable bonds is 5. The van der Waals surface area contributed by atoms with Gasteiger partial charge in [0.05, 0.1) is 12.1 Å². The number of ether oxygens (including phenoxy) is 1. The summed E-state index contributed by atoms with van der Waals surface area (Å²) < 4.78 is 5.80. The molecule has 4 aliphatic rings. The zero-order valence-electron chi connectivity index (χ0n) is 16.5. The first-order valence-corrected chi connectivity index (χ1v) is 10.4. The number of amides is 2. The van der Waals surface area contributed by atoms with Crippen molar-refractivity contribution in [2.45, 2.75) is 43.7 Å². The van der Waals surface area contributed by atoms with Gasteiger partial charge in [0.2, 0.25) is 5.91 Å². The predicted molar refractivity (Wildman–Crippen MR) is 101 cm³/mol. The van der Waals surface area contributed by atoms with Crippen LogP contribution in [0.15, 0.2) is 0 Å². The number of nitrogens with zero attached hydrogens (tertiary/aromatic N) is 4. The summed E-state index contributed by atoms with van der Waals surface area (Å²) in [7, 11) is 0. The molecule has 2 amide bonds. The second-order valence-corrected chi connectivity index (χ2v) is 8.70. The summed E-state index contributed by atoms with van der Waals surface area (Å²) in [5, 5.41) is 0. The number of nitrogens with two attached hydrogens (primary N) is 1. The lowest BCUT2D eigenvalue weighted by molar-refractivity contribution is -0.137. The van der Waals surface area contributed by atoms with Crippen LogP contribution in [0.25, 0.3) is 0 Å². The van der Waals surface area contributed by atoms with Crippen LogP contribution in [-0.2, 0) is 9.53 Å². The highest BCUT2D eigenvalue weighted by molar-refractivity contribution is 5.89. The molecule has 8 nitrogen and oxygen atoms in total. The highest BCUT2D eigenvalue weighted by Crippen LogP contribution is 2.38. The molecule has 0 bridgehead atoms. The second-order valence-electron chi connectivity index (χ2n) is 8.70. The maximum Gasteiger partial charge on any atom is 0.410 e. The summed E-state index contributed by atoms with van der Waals surface area (Å²) in [4.78, 5) is 33.4. The van der Waals surface area contributed by atoms with E-state index in [1.165, 1.54) is 0 Å². The largest absolute Gasteiger partial charge is 0.441 e. The summed E-state index contributed by atoms with van der Waals surface area (Å²) in [5.41, 5.74) is 5.02. The minimum Gasteiger partial charge on any atom is -0.441 e. The molecule has 3 saturated heterocycles. The van der Waals surface area contributed by atoms with E-state index in [2.05, 4.69) is 16.7 Å². The number of piperazine rings is 1. The fourth-order valence-corrected chi connectivity index (χ4v) is 4.50. The van der Waals surface area contributed by atoms with E-state index in [-0.39, 0.29) is 12.0 Å². The van der Waals surface area contributed by atoms with Crippen LogP contribution < -0.4 is 5.73 Å².